The number of halogens is 5. The maximum absolute atomic E-state index is 13.8. The summed E-state index contributed by atoms with van der Waals surface area (Å²) < 4.78 is 71.4. The zero-order valence-electron chi connectivity index (χ0n) is 24.7. The number of hydrogen-bond acceptors (Lipinski definition) is 7. The molecule has 4 amide bonds. The Kier molecular flexibility index (Phi) is 11.0. The van der Waals surface area contributed by atoms with E-state index in [2.05, 4.69) is 10.3 Å². The molecular formula is C28H36F5N5O6. The molecule has 2 aliphatic heterocycles. The van der Waals surface area contributed by atoms with Crippen LogP contribution in [0.3, 0.4) is 0 Å². The summed E-state index contributed by atoms with van der Waals surface area (Å²) in [6.45, 7) is 7.37. The molecule has 2 N–H and O–H groups in total. The summed E-state index contributed by atoms with van der Waals surface area (Å²) in [6, 6.07) is -1.81. The van der Waals surface area contributed by atoms with E-state index in [1.54, 1.807) is 18.7 Å². The number of aromatic nitrogens is 1. The molecular weight excluding hydrogens is 597 g/mol. The molecule has 0 bridgehead atoms. The number of ketones is 1. The molecule has 11 nitrogen and oxygen atoms in total. The van der Waals surface area contributed by atoms with Gasteiger partial charge < -0.3 is 25.2 Å². The predicted octanol–water partition coefficient (Wildman–Crippen LogP) is 2.21. The van der Waals surface area contributed by atoms with Crippen molar-refractivity contribution in [1.82, 2.24) is 25.4 Å². The highest BCUT2D eigenvalue weighted by Gasteiger charge is 2.64. The van der Waals surface area contributed by atoms with Crippen molar-refractivity contribution in [3.63, 3.8) is 0 Å². The van der Waals surface area contributed by atoms with Gasteiger partial charge in [-0.25, -0.2) is 0 Å². The predicted molar refractivity (Wildman–Crippen MR) is 145 cm³/mol. The van der Waals surface area contributed by atoms with E-state index in [9.17, 15) is 45.9 Å². The lowest BCUT2D eigenvalue weighted by molar-refractivity contribution is -0.270. The summed E-state index contributed by atoms with van der Waals surface area (Å²) in [6.07, 6.45) is -4.58. The molecule has 3 heterocycles. The smallest absolute Gasteiger partial charge is 0.378 e. The first-order chi connectivity index (χ1) is 20.5. The fraction of sp³-hybridized carbons (Fsp3) is 0.643. The molecule has 3 rings (SSSR count). The Morgan fingerprint density at radius 3 is 2.05 bits per heavy atom. The molecule has 1 aromatic heterocycles. The Morgan fingerprint density at radius 1 is 0.909 bits per heavy atom. The number of pyridine rings is 1. The van der Waals surface area contributed by atoms with E-state index in [4.69, 9.17) is 4.74 Å². The quantitative estimate of drug-likeness (QED) is 0.377. The first-order valence-electron chi connectivity index (χ1n) is 14.2. The molecule has 2 aliphatic rings. The molecule has 244 valence electrons. The second-order valence-electron chi connectivity index (χ2n) is 11.4. The lowest BCUT2D eigenvalue weighted by Gasteiger charge is -2.32. The fourth-order valence-corrected chi connectivity index (χ4v) is 4.92. The van der Waals surface area contributed by atoms with Gasteiger partial charge in [0.25, 0.3) is 11.8 Å². The standard InChI is InChI=1S/C28H36F5N5O6/c1-15(2)20(22(39)27(29,30)28(31,32)33)35-24(41)19-6-5-9-38(19)26(43)21(16(3)4)36-23(40)17-7-8-18(34-14-17)25(42)37-10-12-44-13-11-37/h7-8,14-16,19-21H,5-6,9-13H2,1-4H3,(H,35,41)(H,36,40)/t19-,20?,21-/m0/s1. The van der Waals surface area contributed by atoms with Gasteiger partial charge in [-0.1, -0.05) is 27.7 Å². The summed E-state index contributed by atoms with van der Waals surface area (Å²) in [5, 5.41) is 4.60. The van der Waals surface area contributed by atoms with Gasteiger partial charge in [0, 0.05) is 25.8 Å². The number of Topliss-reactive ketones (excluding diaryl/α,β-unsaturated/α-hetero) is 1. The lowest BCUT2D eigenvalue weighted by atomic mass is 9.95. The molecule has 16 heteroatoms. The molecule has 1 unspecified atom stereocenters. The van der Waals surface area contributed by atoms with E-state index in [1.165, 1.54) is 32.2 Å². The van der Waals surface area contributed by atoms with E-state index in [1.807, 2.05) is 5.32 Å². The Balaban J connectivity index is 1.71. The number of alkyl halides is 5. The lowest BCUT2D eigenvalue weighted by Crippen LogP contribution is -2.60. The third-order valence-corrected chi connectivity index (χ3v) is 7.51. The number of rotatable bonds is 10. The Hall–Kier alpha value is -3.69. The van der Waals surface area contributed by atoms with E-state index in [0.717, 1.165) is 4.90 Å². The van der Waals surface area contributed by atoms with Crippen molar-refractivity contribution < 1.29 is 50.7 Å². The summed E-state index contributed by atoms with van der Waals surface area (Å²) in [4.78, 5) is 71.2. The van der Waals surface area contributed by atoms with Crippen LogP contribution < -0.4 is 10.6 Å². The van der Waals surface area contributed by atoms with Gasteiger partial charge in [-0.15, -0.1) is 0 Å². The molecule has 0 aromatic carbocycles. The van der Waals surface area contributed by atoms with Crippen LogP contribution in [0.4, 0.5) is 22.0 Å². The Morgan fingerprint density at radius 2 is 1.52 bits per heavy atom. The van der Waals surface area contributed by atoms with Crippen molar-refractivity contribution in [2.45, 2.75) is 70.8 Å². The van der Waals surface area contributed by atoms with Crippen LogP contribution in [0.25, 0.3) is 0 Å². The number of nitrogens with zero attached hydrogens (tertiary/aromatic N) is 3. The van der Waals surface area contributed by atoms with Gasteiger partial charge in [-0.05, 0) is 36.8 Å². The number of hydrogen-bond donors (Lipinski definition) is 2. The van der Waals surface area contributed by atoms with Crippen molar-refractivity contribution in [3.8, 4) is 0 Å². The summed E-state index contributed by atoms with van der Waals surface area (Å²) in [7, 11) is 0. The second kappa shape index (κ2) is 13.9. The number of likely N-dealkylation sites (tertiary alicyclic amines) is 1. The fourth-order valence-electron chi connectivity index (χ4n) is 4.92. The molecule has 0 saturated carbocycles. The van der Waals surface area contributed by atoms with Gasteiger partial charge >= 0.3 is 12.1 Å². The monoisotopic (exact) mass is 633 g/mol. The number of carbonyl (C=O) groups is 5. The normalized spacial score (nSPS) is 19.1. The Labute approximate surface area is 250 Å². The van der Waals surface area contributed by atoms with Gasteiger partial charge in [-0.3, -0.25) is 29.0 Å². The zero-order valence-corrected chi connectivity index (χ0v) is 24.7. The van der Waals surface area contributed by atoms with Crippen LogP contribution in [0.15, 0.2) is 18.3 Å². The van der Waals surface area contributed by atoms with Crippen molar-refractivity contribution in [2.75, 3.05) is 32.8 Å². The van der Waals surface area contributed by atoms with E-state index >= 15 is 0 Å². The molecule has 0 aliphatic carbocycles. The first-order valence-corrected chi connectivity index (χ1v) is 14.2. The summed E-state index contributed by atoms with van der Waals surface area (Å²) in [5.41, 5.74) is 0.179. The largest absolute Gasteiger partial charge is 0.461 e. The Bertz CT molecular complexity index is 1230. The molecule has 44 heavy (non-hydrogen) atoms. The van der Waals surface area contributed by atoms with Crippen molar-refractivity contribution >= 4 is 29.4 Å². The first kappa shape index (κ1) is 34.8. The number of ether oxygens (including phenoxy) is 1. The molecule has 2 fully saturated rings. The van der Waals surface area contributed by atoms with Crippen molar-refractivity contribution in [3.05, 3.63) is 29.6 Å². The highest BCUT2D eigenvalue weighted by atomic mass is 19.4. The van der Waals surface area contributed by atoms with Crippen molar-refractivity contribution in [1.29, 1.82) is 0 Å². The molecule has 2 saturated heterocycles. The number of carbonyl (C=O) groups excluding carboxylic acids is 5. The third-order valence-electron chi connectivity index (χ3n) is 7.51. The minimum absolute atomic E-state index is 0.0505. The van der Waals surface area contributed by atoms with Gasteiger partial charge in [0.05, 0.1) is 24.8 Å². The SMILES string of the molecule is CC(C)C(NC(=O)[C@@H]1CCCN1C(=O)[C@@H](NC(=O)c1ccc(C(=O)N2CCOCC2)nc1)C(C)C)C(=O)C(F)(F)C(F)(F)F. The van der Waals surface area contributed by atoms with E-state index < -0.39 is 65.6 Å². The van der Waals surface area contributed by atoms with Crippen LogP contribution in [0.2, 0.25) is 0 Å². The average Bonchev–Trinajstić information content (AvgIpc) is 3.47. The van der Waals surface area contributed by atoms with Crippen LogP contribution in [-0.2, 0) is 19.1 Å². The van der Waals surface area contributed by atoms with Crippen LogP contribution >= 0.6 is 0 Å². The minimum Gasteiger partial charge on any atom is -0.378 e. The molecule has 3 atom stereocenters. The van der Waals surface area contributed by atoms with Gasteiger partial charge in [0.15, 0.2) is 0 Å². The van der Waals surface area contributed by atoms with E-state index in [0.29, 0.717) is 32.7 Å². The maximum Gasteiger partial charge on any atom is 0.461 e. The summed E-state index contributed by atoms with van der Waals surface area (Å²) in [5.74, 6) is -12.5. The second-order valence-corrected chi connectivity index (χ2v) is 11.4. The number of nitrogens with one attached hydrogen (secondary N) is 2. The van der Waals surface area contributed by atoms with Crippen LogP contribution in [0, 0.1) is 11.8 Å². The van der Waals surface area contributed by atoms with Gasteiger partial charge in [0.2, 0.25) is 17.6 Å². The highest BCUT2D eigenvalue weighted by molar-refractivity contribution is 6.00. The van der Waals surface area contributed by atoms with Crippen LogP contribution in [-0.4, -0.2) is 107 Å². The third kappa shape index (κ3) is 7.68. The molecule has 0 radical (unpaired) electrons. The topological polar surface area (TPSA) is 138 Å². The number of morpholine rings is 1. The van der Waals surface area contributed by atoms with Gasteiger partial charge in [-0.2, -0.15) is 22.0 Å². The molecule has 1 aromatic rings. The van der Waals surface area contributed by atoms with Gasteiger partial charge in [0.1, 0.15) is 17.8 Å². The summed E-state index contributed by atoms with van der Waals surface area (Å²) >= 11 is 0. The average molecular weight is 634 g/mol. The highest BCUT2D eigenvalue weighted by Crippen LogP contribution is 2.37. The molecule has 0 spiro atoms. The van der Waals surface area contributed by atoms with Crippen LogP contribution in [0.5, 0.6) is 0 Å². The zero-order chi connectivity index (χ0) is 33.0. The maximum atomic E-state index is 13.8. The minimum atomic E-state index is -6.14. The number of amides is 4. The van der Waals surface area contributed by atoms with E-state index in [-0.39, 0.29) is 30.1 Å². The van der Waals surface area contributed by atoms with Crippen LogP contribution in [0.1, 0.15) is 61.4 Å². The van der Waals surface area contributed by atoms with Crippen molar-refractivity contribution in [2.24, 2.45) is 11.8 Å².